The Balaban J connectivity index is 2.45. The van der Waals surface area contributed by atoms with E-state index in [0.29, 0.717) is 10.0 Å². The minimum absolute atomic E-state index is 0.509. The molecule has 1 N–H and O–H groups in total. The van der Waals surface area contributed by atoms with Crippen molar-refractivity contribution in [1.82, 2.24) is 10.2 Å². The first-order chi connectivity index (χ1) is 7.59. The van der Waals surface area contributed by atoms with Crippen LogP contribution >= 0.6 is 23.2 Å². The number of rotatable bonds is 2. The number of aryl methyl sites for hydroxylation is 1. The number of hydrogen-bond acceptors (Lipinski definition) is 1. The maximum atomic E-state index is 6.11. The summed E-state index contributed by atoms with van der Waals surface area (Å²) in [5.41, 5.74) is 3.33. The second-order valence-electron chi connectivity index (χ2n) is 3.52. The highest BCUT2D eigenvalue weighted by atomic mass is 35.5. The van der Waals surface area contributed by atoms with Gasteiger partial charge in [0.2, 0.25) is 0 Å². The molecule has 0 bridgehead atoms. The fourth-order valence-electron chi connectivity index (χ4n) is 1.45. The Hall–Kier alpha value is -1.25. The van der Waals surface area contributed by atoms with Crippen molar-refractivity contribution in [3.63, 3.8) is 0 Å². The Bertz CT molecular complexity index is 544. The third-order valence-electron chi connectivity index (χ3n) is 2.29. The van der Waals surface area contributed by atoms with E-state index in [1.807, 2.05) is 25.1 Å². The minimum Gasteiger partial charge on any atom is -0.282 e. The molecule has 2 nitrogen and oxygen atoms in total. The monoisotopic (exact) mass is 252 g/mol. The topological polar surface area (TPSA) is 28.7 Å². The highest BCUT2D eigenvalue weighted by Gasteiger charge is 2.11. The number of nitrogens with one attached hydrogen (secondary N) is 1. The van der Waals surface area contributed by atoms with Crippen molar-refractivity contribution < 1.29 is 0 Å². The van der Waals surface area contributed by atoms with Crippen LogP contribution in [0.5, 0.6) is 0 Å². The van der Waals surface area contributed by atoms with Crippen molar-refractivity contribution in [3.05, 3.63) is 57.8 Å². The Morgan fingerprint density at radius 2 is 2.12 bits per heavy atom. The van der Waals surface area contributed by atoms with E-state index in [1.165, 1.54) is 0 Å². The molecule has 0 radical (unpaired) electrons. The van der Waals surface area contributed by atoms with Crippen molar-refractivity contribution in [2.75, 3.05) is 0 Å². The number of aromatic amines is 1. The molecule has 0 aliphatic heterocycles. The third kappa shape index (κ3) is 1.99. The van der Waals surface area contributed by atoms with E-state index >= 15 is 0 Å². The van der Waals surface area contributed by atoms with Crippen LogP contribution in [0.2, 0.25) is 10.0 Å². The molecule has 0 amide bonds. The molecule has 0 spiro atoms. The Labute approximate surface area is 104 Å². The number of nitrogens with zero attached hydrogens (tertiary/aromatic N) is 1. The highest BCUT2D eigenvalue weighted by molar-refractivity contribution is 6.43. The van der Waals surface area contributed by atoms with E-state index < -0.39 is 0 Å². The third-order valence-corrected chi connectivity index (χ3v) is 3.11. The van der Waals surface area contributed by atoms with E-state index in [4.69, 9.17) is 23.2 Å². The molecule has 0 unspecified atom stereocenters. The molecule has 1 aromatic carbocycles. The number of aromatic nitrogens is 2. The Morgan fingerprint density at radius 3 is 2.75 bits per heavy atom. The van der Waals surface area contributed by atoms with Gasteiger partial charge in [0.25, 0.3) is 0 Å². The van der Waals surface area contributed by atoms with E-state index in [9.17, 15) is 0 Å². The quantitative estimate of drug-likeness (QED) is 0.857. The lowest BCUT2D eigenvalue weighted by atomic mass is 10.0. The molecule has 16 heavy (non-hydrogen) atoms. The fraction of sp³-hybridized carbons (Fsp3) is 0.0833. The zero-order chi connectivity index (χ0) is 11.7. The van der Waals surface area contributed by atoms with Crippen molar-refractivity contribution in [2.45, 2.75) is 6.92 Å². The summed E-state index contributed by atoms with van der Waals surface area (Å²) in [6, 6.07) is 7.38. The first-order valence-electron chi connectivity index (χ1n) is 4.75. The van der Waals surface area contributed by atoms with Gasteiger partial charge in [0.05, 0.1) is 15.7 Å². The molecule has 82 valence electrons. The predicted octanol–water partition coefficient (Wildman–Crippen LogP) is 4.09. The molecule has 0 aliphatic carbocycles. The molecule has 1 aromatic heterocycles. The summed E-state index contributed by atoms with van der Waals surface area (Å²) in [4.78, 5) is 0. The van der Waals surface area contributed by atoms with Crippen molar-refractivity contribution in [1.29, 1.82) is 0 Å². The highest BCUT2D eigenvalue weighted by Crippen LogP contribution is 2.32. The number of H-pyrrole nitrogens is 1. The summed E-state index contributed by atoms with van der Waals surface area (Å²) in [7, 11) is 0. The van der Waals surface area contributed by atoms with E-state index in [2.05, 4.69) is 16.8 Å². The van der Waals surface area contributed by atoms with Crippen LogP contribution in [0.3, 0.4) is 0 Å². The summed E-state index contributed by atoms with van der Waals surface area (Å²) < 4.78 is 0. The summed E-state index contributed by atoms with van der Waals surface area (Å²) in [6.45, 7) is 5.92. The van der Waals surface area contributed by atoms with Crippen LogP contribution in [0.15, 0.2) is 30.8 Å². The number of halogens is 2. The second-order valence-corrected chi connectivity index (χ2v) is 4.30. The predicted molar refractivity (Wildman–Crippen MR) is 67.9 cm³/mol. The molecule has 0 saturated heterocycles. The first-order valence-corrected chi connectivity index (χ1v) is 5.51. The second kappa shape index (κ2) is 4.32. The molecule has 0 aliphatic rings. The molecular formula is C12H10Cl2N2. The largest absolute Gasteiger partial charge is 0.282 e. The van der Waals surface area contributed by atoms with Crippen LogP contribution in [0.25, 0.3) is 5.57 Å². The first kappa shape index (κ1) is 11.2. The fourth-order valence-corrected chi connectivity index (χ4v) is 1.86. The lowest BCUT2D eigenvalue weighted by molar-refractivity contribution is 1.04. The average Bonchev–Trinajstić information content (AvgIpc) is 2.68. The van der Waals surface area contributed by atoms with Gasteiger partial charge in [0, 0.05) is 16.8 Å². The zero-order valence-electron chi connectivity index (χ0n) is 8.72. The van der Waals surface area contributed by atoms with Gasteiger partial charge in [-0.3, -0.25) is 5.10 Å². The van der Waals surface area contributed by atoms with Gasteiger partial charge in [-0.1, -0.05) is 41.9 Å². The van der Waals surface area contributed by atoms with Crippen LogP contribution in [-0.4, -0.2) is 10.2 Å². The van der Waals surface area contributed by atoms with Crippen molar-refractivity contribution in [3.8, 4) is 0 Å². The Morgan fingerprint density at radius 1 is 1.38 bits per heavy atom. The number of hydrogen-bond donors (Lipinski definition) is 1. The zero-order valence-corrected chi connectivity index (χ0v) is 10.2. The molecule has 0 fully saturated rings. The van der Waals surface area contributed by atoms with E-state index in [1.54, 1.807) is 6.07 Å². The number of benzene rings is 1. The van der Waals surface area contributed by atoms with Crippen molar-refractivity contribution >= 4 is 28.8 Å². The maximum absolute atomic E-state index is 6.11. The van der Waals surface area contributed by atoms with Gasteiger partial charge in [0.1, 0.15) is 0 Å². The normalized spacial score (nSPS) is 10.4. The summed E-state index contributed by atoms with van der Waals surface area (Å²) >= 11 is 12.1. The lowest BCUT2D eigenvalue weighted by Crippen LogP contribution is -1.88. The molecule has 0 atom stereocenters. The van der Waals surface area contributed by atoms with Crippen LogP contribution in [0, 0.1) is 6.92 Å². The standard InChI is InChI=1S/C12H10Cl2N2/c1-7-6-11(16-15-7)8(2)9-4-3-5-10(13)12(9)14/h3-6H,2H2,1H3,(H,15,16). The maximum Gasteiger partial charge on any atom is 0.0924 e. The molecule has 0 saturated carbocycles. The van der Waals surface area contributed by atoms with Gasteiger partial charge in [-0.05, 0) is 19.1 Å². The molecule has 2 rings (SSSR count). The summed E-state index contributed by atoms with van der Waals surface area (Å²) in [5.74, 6) is 0. The van der Waals surface area contributed by atoms with Gasteiger partial charge in [-0.2, -0.15) is 5.10 Å². The van der Waals surface area contributed by atoms with E-state index in [0.717, 1.165) is 22.5 Å². The van der Waals surface area contributed by atoms with Crippen LogP contribution in [-0.2, 0) is 0 Å². The van der Waals surface area contributed by atoms with Gasteiger partial charge in [0.15, 0.2) is 0 Å². The molecule has 2 aromatic rings. The average molecular weight is 253 g/mol. The van der Waals surface area contributed by atoms with E-state index in [-0.39, 0.29) is 0 Å². The smallest absolute Gasteiger partial charge is 0.0924 e. The van der Waals surface area contributed by atoms with Crippen molar-refractivity contribution in [2.24, 2.45) is 0 Å². The van der Waals surface area contributed by atoms with Gasteiger partial charge < -0.3 is 0 Å². The molecule has 4 heteroatoms. The SMILES string of the molecule is C=C(c1cc(C)[nH]n1)c1cccc(Cl)c1Cl. The van der Waals surface area contributed by atoms with Gasteiger partial charge in [-0.15, -0.1) is 0 Å². The molecule has 1 heterocycles. The van der Waals surface area contributed by atoms with Crippen LogP contribution in [0.1, 0.15) is 17.0 Å². The summed E-state index contributed by atoms with van der Waals surface area (Å²) in [6.07, 6.45) is 0. The van der Waals surface area contributed by atoms with Crippen LogP contribution < -0.4 is 0 Å². The van der Waals surface area contributed by atoms with Gasteiger partial charge >= 0.3 is 0 Å². The van der Waals surface area contributed by atoms with Gasteiger partial charge in [-0.25, -0.2) is 0 Å². The molecular weight excluding hydrogens is 243 g/mol. The Kier molecular flexibility index (Phi) is 3.03. The summed E-state index contributed by atoms with van der Waals surface area (Å²) in [5, 5.41) is 8.03. The van der Waals surface area contributed by atoms with Crippen LogP contribution in [0.4, 0.5) is 0 Å². The minimum atomic E-state index is 0.509. The lowest BCUT2D eigenvalue weighted by Gasteiger charge is -2.06.